The average molecular weight is 312 g/mol. The Hall–Kier alpha value is -2.20. The quantitative estimate of drug-likeness (QED) is 0.689. The summed E-state index contributed by atoms with van der Waals surface area (Å²) in [5.74, 6) is -1.06. The highest BCUT2D eigenvalue weighted by atomic mass is 19.1. The SMILES string of the molecule is Cc1cc(C)c2[nH]c3c(c2c1)CCNC3c1ccc(F)cc1F. The first-order valence-electron chi connectivity index (χ1n) is 7.84. The van der Waals surface area contributed by atoms with Crippen LogP contribution in [0.3, 0.4) is 0 Å². The lowest BCUT2D eigenvalue weighted by Gasteiger charge is -2.25. The second-order valence-corrected chi connectivity index (χ2v) is 6.32. The number of H-pyrrole nitrogens is 1. The van der Waals surface area contributed by atoms with Crippen molar-refractivity contribution in [2.45, 2.75) is 26.3 Å². The molecule has 0 radical (unpaired) electrons. The van der Waals surface area contributed by atoms with Crippen LogP contribution in [0.15, 0.2) is 30.3 Å². The summed E-state index contributed by atoms with van der Waals surface area (Å²) in [6.07, 6.45) is 0.900. The van der Waals surface area contributed by atoms with Crippen LogP contribution in [0.1, 0.15) is 34.0 Å². The lowest BCUT2D eigenvalue weighted by Crippen LogP contribution is -2.31. The third-order valence-electron chi connectivity index (χ3n) is 4.68. The van der Waals surface area contributed by atoms with Crippen LogP contribution in [-0.4, -0.2) is 11.5 Å². The van der Waals surface area contributed by atoms with E-state index in [1.165, 1.54) is 34.2 Å². The molecule has 1 aromatic heterocycles. The molecule has 0 saturated carbocycles. The van der Waals surface area contributed by atoms with Crippen molar-refractivity contribution in [1.29, 1.82) is 0 Å². The molecular weight excluding hydrogens is 294 g/mol. The van der Waals surface area contributed by atoms with Crippen molar-refractivity contribution in [2.75, 3.05) is 6.54 Å². The second kappa shape index (κ2) is 5.17. The van der Waals surface area contributed by atoms with Gasteiger partial charge in [0.1, 0.15) is 11.6 Å². The summed E-state index contributed by atoms with van der Waals surface area (Å²) in [6.45, 7) is 4.94. The molecule has 4 heteroatoms. The zero-order valence-electron chi connectivity index (χ0n) is 13.1. The Balaban J connectivity index is 1.93. The van der Waals surface area contributed by atoms with Crippen LogP contribution in [0.5, 0.6) is 0 Å². The number of aromatic amines is 1. The van der Waals surface area contributed by atoms with Gasteiger partial charge in [-0.3, -0.25) is 0 Å². The summed E-state index contributed by atoms with van der Waals surface area (Å²) in [7, 11) is 0. The number of rotatable bonds is 1. The smallest absolute Gasteiger partial charge is 0.131 e. The molecule has 3 aromatic rings. The van der Waals surface area contributed by atoms with Gasteiger partial charge in [-0.25, -0.2) is 8.78 Å². The zero-order valence-corrected chi connectivity index (χ0v) is 13.1. The molecule has 0 spiro atoms. The molecular formula is C19H18F2N2. The minimum absolute atomic E-state index is 0.272. The van der Waals surface area contributed by atoms with Crippen LogP contribution < -0.4 is 5.32 Å². The lowest BCUT2D eigenvalue weighted by molar-refractivity contribution is 0.514. The third-order valence-corrected chi connectivity index (χ3v) is 4.68. The highest BCUT2D eigenvalue weighted by molar-refractivity contribution is 5.88. The zero-order chi connectivity index (χ0) is 16.1. The minimum atomic E-state index is -0.551. The molecule has 2 aromatic carbocycles. The molecule has 118 valence electrons. The molecule has 0 aliphatic carbocycles. The summed E-state index contributed by atoms with van der Waals surface area (Å²) >= 11 is 0. The predicted octanol–water partition coefficient (Wildman–Crippen LogP) is 4.30. The number of aromatic nitrogens is 1. The Morgan fingerprint density at radius 3 is 2.70 bits per heavy atom. The number of hydrogen-bond donors (Lipinski definition) is 2. The van der Waals surface area contributed by atoms with Gasteiger partial charge in [-0.15, -0.1) is 0 Å². The maximum atomic E-state index is 14.2. The Bertz CT molecular complexity index is 911. The first-order chi connectivity index (χ1) is 11.0. The van der Waals surface area contributed by atoms with E-state index in [9.17, 15) is 8.78 Å². The van der Waals surface area contributed by atoms with E-state index < -0.39 is 11.6 Å². The van der Waals surface area contributed by atoms with Gasteiger partial charge in [-0.2, -0.15) is 0 Å². The summed E-state index contributed by atoms with van der Waals surface area (Å²) < 4.78 is 27.4. The summed E-state index contributed by atoms with van der Waals surface area (Å²) in [5, 5.41) is 4.57. The number of aryl methyl sites for hydroxylation is 2. The van der Waals surface area contributed by atoms with Crippen LogP contribution in [0.2, 0.25) is 0 Å². The molecule has 0 fully saturated rings. The summed E-state index contributed by atoms with van der Waals surface area (Å²) in [6, 6.07) is 7.84. The molecule has 1 atom stereocenters. The van der Waals surface area contributed by atoms with Crippen molar-refractivity contribution in [3.63, 3.8) is 0 Å². The first kappa shape index (κ1) is 14.4. The first-order valence-corrected chi connectivity index (χ1v) is 7.84. The van der Waals surface area contributed by atoms with Gasteiger partial charge in [-0.1, -0.05) is 17.7 Å². The Labute approximate surface area is 133 Å². The van der Waals surface area contributed by atoms with Crippen LogP contribution in [0, 0.1) is 25.5 Å². The molecule has 23 heavy (non-hydrogen) atoms. The van der Waals surface area contributed by atoms with Crippen molar-refractivity contribution < 1.29 is 8.78 Å². The minimum Gasteiger partial charge on any atom is -0.356 e. The van der Waals surface area contributed by atoms with Gasteiger partial charge in [-0.05, 0) is 43.5 Å². The van der Waals surface area contributed by atoms with Crippen molar-refractivity contribution in [2.24, 2.45) is 0 Å². The largest absolute Gasteiger partial charge is 0.356 e. The lowest BCUT2D eigenvalue weighted by atomic mass is 9.93. The number of benzene rings is 2. The summed E-state index contributed by atoms with van der Waals surface area (Å²) in [5.41, 5.74) is 6.22. The molecule has 1 aliphatic heterocycles. The van der Waals surface area contributed by atoms with Gasteiger partial charge in [0.15, 0.2) is 0 Å². The predicted molar refractivity (Wildman–Crippen MR) is 87.7 cm³/mol. The molecule has 1 unspecified atom stereocenters. The topological polar surface area (TPSA) is 27.8 Å². The van der Waals surface area contributed by atoms with Gasteiger partial charge >= 0.3 is 0 Å². The van der Waals surface area contributed by atoms with Crippen molar-refractivity contribution in [3.05, 3.63) is 69.9 Å². The molecule has 1 aliphatic rings. The maximum absolute atomic E-state index is 14.2. The highest BCUT2D eigenvalue weighted by Crippen LogP contribution is 2.35. The highest BCUT2D eigenvalue weighted by Gasteiger charge is 2.27. The van der Waals surface area contributed by atoms with E-state index in [0.717, 1.165) is 30.2 Å². The summed E-state index contributed by atoms with van der Waals surface area (Å²) in [4.78, 5) is 3.48. The molecule has 2 nitrogen and oxygen atoms in total. The van der Waals surface area contributed by atoms with Gasteiger partial charge in [0.25, 0.3) is 0 Å². The Morgan fingerprint density at radius 2 is 1.91 bits per heavy atom. The number of halogens is 2. The van der Waals surface area contributed by atoms with Crippen LogP contribution in [0.25, 0.3) is 10.9 Å². The van der Waals surface area contributed by atoms with E-state index >= 15 is 0 Å². The average Bonchev–Trinajstić information content (AvgIpc) is 2.87. The van der Waals surface area contributed by atoms with Crippen LogP contribution in [0.4, 0.5) is 8.78 Å². The third kappa shape index (κ3) is 2.25. The van der Waals surface area contributed by atoms with Gasteiger partial charge in [0.2, 0.25) is 0 Å². The monoisotopic (exact) mass is 312 g/mol. The van der Waals surface area contributed by atoms with Gasteiger partial charge in [0.05, 0.1) is 6.04 Å². The van der Waals surface area contributed by atoms with Crippen molar-refractivity contribution >= 4 is 10.9 Å². The van der Waals surface area contributed by atoms with Gasteiger partial charge in [0, 0.05) is 34.8 Å². The molecule has 2 heterocycles. The second-order valence-electron chi connectivity index (χ2n) is 6.32. The van der Waals surface area contributed by atoms with Crippen molar-refractivity contribution in [1.82, 2.24) is 10.3 Å². The number of nitrogens with one attached hydrogen (secondary N) is 2. The Kier molecular flexibility index (Phi) is 3.23. The number of hydrogen-bond acceptors (Lipinski definition) is 1. The van der Waals surface area contributed by atoms with E-state index in [2.05, 4.69) is 36.3 Å². The standard InChI is InChI=1S/C19H18F2N2/c1-10-7-11(2)17-15(8-10)13-5-6-22-18(19(13)23-17)14-4-3-12(20)9-16(14)21/h3-4,7-9,18,22-23H,5-6H2,1-2H3. The van der Waals surface area contributed by atoms with Crippen LogP contribution >= 0.6 is 0 Å². The molecule has 0 amide bonds. The number of fused-ring (bicyclic) bond motifs is 3. The fraction of sp³-hybridized carbons (Fsp3) is 0.263. The van der Waals surface area contributed by atoms with E-state index in [1.807, 2.05) is 0 Å². The fourth-order valence-corrected chi connectivity index (χ4v) is 3.69. The van der Waals surface area contributed by atoms with Gasteiger partial charge < -0.3 is 10.3 Å². The van der Waals surface area contributed by atoms with Crippen LogP contribution in [-0.2, 0) is 6.42 Å². The van der Waals surface area contributed by atoms with E-state index in [0.29, 0.717) is 5.56 Å². The Morgan fingerprint density at radius 1 is 1.09 bits per heavy atom. The fourth-order valence-electron chi connectivity index (χ4n) is 3.69. The van der Waals surface area contributed by atoms with E-state index in [-0.39, 0.29) is 6.04 Å². The maximum Gasteiger partial charge on any atom is 0.131 e. The molecule has 0 saturated heterocycles. The molecule has 2 N–H and O–H groups in total. The van der Waals surface area contributed by atoms with E-state index in [4.69, 9.17) is 0 Å². The normalized spacial score (nSPS) is 17.5. The molecule has 4 rings (SSSR count). The molecule has 0 bridgehead atoms. The van der Waals surface area contributed by atoms with Crippen molar-refractivity contribution in [3.8, 4) is 0 Å². The van der Waals surface area contributed by atoms with E-state index in [1.54, 1.807) is 0 Å².